The molecule has 0 saturated carbocycles. The van der Waals surface area contributed by atoms with Gasteiger partial charge in [0, 0.05) is 6.61 Å². The van der Waals surface area contributed by atoms with E-state index in [2.05, 4.69) is 6.92 Å². The van der Waals surface area contributed by atoms with Gasteiger partial charge in [0.15, 0.2) is 0 Å². The van der Waals surface area contributed by atoms with Crippen molar-refractivity contribution in [3.05, 3.63) is 0 Å². The molecule has 0 radical (unpaired) electrons. The Kier molecular flexibility index (Phi) is 16.4. The van der Waals surface area contributed by atoms with E-state index in [4.69, 9.17) is 5.11 Å². The predicted octanol–water partition coefficient (Wildman–Crippen LogP) is 2.34. The second kappa shape index (κ2) is 12.4. The summed E-state index contributed by atoms with van der Waals surface area (Å²) >= 11 is 0. The van der Waals surface area contributed by atoms with E-state index in [1.165, 1.54) is 32.1 Å². The quantitative estimate of drug-likeness (QED) is 0.488. The van der Waals surface area contributed by atoms with E-state index in [1.807, 2.05) is 0 Å². The minimum atomic E-state index is 0. The zero-order chi connectivity index (χ0) is 6.95. The fourth-order valence-corrected chi connectivity index (χ4v) is 0.892. The number of aliphatic hydroxyl groups excluding tert-OH is 1. The Bertz CT molecular complexity index is 42.5. The second-order valence-corrected chi connectivity index (χ2v) is 2.49. The monoisotopic (exact) mass is 178 g/mol. The number of hydrogen-bond acceptors (Lipinski definition) is 1. The summed E-state index contributed by atoms with van der Waals surface area (Å²) in [6, 6.07) is 0. The van der Waals surface area contributed by atoms with Crippen LogP contribution in [0.4, 0.5) is 0 Å². The smallest absolute Gasteiger partial charge is 0.396 e. The minimum absolute atomic E-state index is 0. The van der Waals surface area contributed by atoms with E-state index in [1.54, 1.807) is 0 Å². The summed E-state index contributed by atoms with van der Waals surface area (Å²) in [6.07, 6.45) is 7.50. The van der Waals surface area contributed by atoms with E-state index in [-0.39, 0.29) is 21.7 Å². The van der Waals surface area contributed by atoms with E-state index >= 15 is 0 Å². The largest absolute Gasteiger partial charge is 4.00 e. The van der Waals surface area contributed by atoms with Crippen molar-refractivity contribution in [1.82, 2.24) is 0 Å². The first kappa shape index (κ1) is 13.3. The third kappa shape index (κ3) is 11.5. The molecule has 10 heavy (non-hydrogen) atoms. The molecule has 0 aromatic carbocycles. The molecule has 0 bridgehead atoms. The van der Waals surface area contributed by atoms with Crippen molar-refractivity contribution in [1.29, 1.82) is 0 Å². The summed E-state index contributed by atoms with van der Waals surface area (Å²) in [4.78, 5) is 0. The number of unbranched alkanes of at least 4 members (excludes halogenated alkanes) is 5. The Morgan fingerprint density at radius 2 is 1.40 bits per heavy atom. The van der Waals surface area contributed by atoms with Crippen molar-refractivity contribution in [3.8, 4) is 0 Å². The van der Waals surface area contributed by atoms with Crippen molar-refractivity contribution >= 4 is 0 Å². The van der Waals surface area contributed by atoms with Crippen molar-refractivity contribution in [2.24, 2.45) is 0 Å². The fraction of sp³-hybridized carbons (Fsp3) is 1.00. The molecular weight excluding hydrogens is 160 g/mol. The van der Waals surface area contributed by atoms with Crippen LogP contribution in [0.25, 0.3) is 0 Å². The molecular formula is C8H18OTi+4. The van der Waals surface area contributed by atoms with Crippen molar-refractivity contribution in [2.45, 2.75) is 45.4 Å². The Hall–Kier alpha value is 0.674. The van der Waals surface area contributed by atoms with E-state index < -0.39 is 0 Å². The van der Waals surface area contributed by atoms with Gasteiger partial charge in [-0.1, -0.05) is 39.0 Å². The van der Waals surface area contributed by atoms with Crippen LogP contribution in [0.15, 0.2) is 0 Å². The standard InChI is InChI=1S/C8H18O.Ti/c1-2-3-4-5-6-7-8-9;/h9H,2-8H2,1H3;/q;+4. The molecule has 0 fully saturated rings. The average molecular weight is 178 g/mol. The maximum atomic E-state index is 8.42. The molecule has 56 valence electrons. The molecule has 0 spiro atoms. The van der Waals surface area contributed by atoms with Crippen LogP contribution < -0.4 is 0 Å². The fourth-order valence-electron chi connectivity index (χ4n) is 0.892. The molecule has 0 rings (SSSR count). The first-order valence-electron chi connectivity index (χ1n) is 4.02. The van der Waals surface area contributed by atoms with Crippen molar-refractivity contribution in [2.75, 3.05) is 6.61 Å². The molecule has 0 aliphatic heterocycles. The molecule has 0 aliphatic carbocycles. The zero-order valence-electron chi connectivity index (χ0n) is 6.90. The normalized spacial score (nSPS) is 9.00. The molecule has 0 aromatic heterocycles. The average Bonchev–Trinajstić information content (AvgIpc) is 1.89. The van der Waals surface area contributed by atoms with Gasteiger partial charge in [-0.2, -0.15) is 0 Å². The van der Waals surface area contributed by atoms with Gasteiger partial charge < -0.3 is 5.11 Å². The summed E-state index contributed by atoms with van der Waals surface area (Å²) in [6.45, 7) is 2.58. The van der Waals surface area contributed by atoms with Crippen LogP contribution in [0, 0.1) is 0 Å². The van der Waals surface area contributed by atoms with Gasteiger partial charge in [0.1, 0.15) is 0 Å². The Morgan fingerprint density at radius 1 is 0.900 bits per heavy atom. The van der Waals surface area contributed by atoms with Crippen LogP contribution in [-0.4, -0.2) is 11.7 Å². The number of rotatable bonds is 6. The molecule has 0 amide bonds. The molecule has 0 saturated heterocycles. The van der Waals surface area contributed by atoms with E-state index in [9.17, 15) is 0 Å². The topological polar surface area (TPSA) is 20.2 Å². The van der Waals surface area contributed by atoms with Crippen LogP contribution in [-0.2, 0) is 21.7 Å². The summed E-state index contributed by atoms with van der Waals surface area (Å²) < 4.78 is 0. The number of aliphatic hydroxyl groups is 1. The molecule has 1 N–H and O–H groups in total. The zero-order valence-corrected chi connectivity index (χ0v) is 8.46. The van der Waals surface area contributed by atoms with Crippen LogP contribution in [0.2, 0.25) is 0 Å². The van der Waals surface area contributed by atoms with E-state index in [0.29, 0.717) is 6.61 Å². The first-order chi connectivity index (χ1) is 4.41. The Labute approximate surface area is 79.1 Å². The van der Waals surface area contributed by atoms with Crippen LogP contribution >= 0.6 is 0 Å². The second-order valence-electron chi connectivity index (χ2n) is 2.49. The van der Waals surface area contributed by atoms with Crippen LogP contribution in [0.5, 0.6) is 0 Å². The van der Waals surface area contributed by atoms with Gasteiger partial charge in [0.2, 0.25) is 0 Å². The SMILES string of the molecule is CCCCCCCCO.[Ti+4]. The summed E-state index contributed by atoms with van der Waals surface area (Å²) in [5, 5.41) is 8.42. The summed E-state index contributed by atoms with van der Waals surface area (Å²) in [5.74, 6) is 0. The van der Waals surface area contributed by atoms with Gasteiger partial charge in [-0.25, -0.2) is 0 Å². The molecule has 2 heteroatoms. The third-order valence-electron chi connectivity index (χ3n) is 1.51. The van der Waals surface area contributed by atoms with Gasteiger partial charge in [0.25, 0.3) is 0 Å². The minimum Gasteiger partial charge on any atom is -0.396 e. The van der Waals surface area contributed by atoms with Crippen LogP contribution in [0.3, 0.4) is 0 Å². The molecule has 0 atom stereocenters. The van der Waals surface area contributed by atoms with Gasteiger partial charge in [-0.05, 0) is 6.42 Å². The molecule has 0 heterocycles. The molecule has 0 unspecified atom stereocenters. The summed E-state index contributed by atoms with van der Waals surface area (Å²) in [5.41, 5.74) is 0. The van der Waals surface area contributed by atoms with E-state index in [0.717, 1.165) is 6.42 Å². The third-order valence-corrected chi connectivity index (χ3v) is 1.51. The maximum Gasteiger partial charge on any atom is 4.00 e. The van der Waals surface area contributed by atoms with Gasteiger partial charge in [-0.15, -0.1) is 0 Å². The molecule has 0 aromatic rings. The summed E-state index contributed by atoms with van der Waals surface area (Å²) in [7, 11) is 0. The Morgan fingerprint density at radius 3 is 1.90 bits per heavy atom. The maximum absolute atomic E-state index is 8.42. The first-order valence-corrected chi connectivity index (χ1v) is 4.02. The van der Waals surface area contributed by atoms with Gasteiger partial charge in [-0.3, -0.25) is 0 Å². The van der Waals surface area contributed by atoms with Crippen molar-refractivity contribution in [3.63, 3.8) is 0 Å². The molecule has 0 aliphatic rings. The Balaban J connectivity index is 0. The number of hydrogen-bond donors (Lipinski definition) is 1. The van der Waals surface area contributed by atoms with Gasteiger partial charge >= 0.3 is 21.7 Å². The molecule has 1 nitrogen and oxygen atoms in total. The van der Waals surface area contributed by atoms with Crippen molar-refractivity contribution < 1.29 is 26.8 Å². The van der Waals surface area contributed by atoms with Gasteiger partial charge in [0.05, 0.1) is 0 Å². The van der Waals surface area contributed by atoms with Crippen LogP contribution in [0.1, 0.15) is 45.4 Å². The predicted molar refractivity (Wildman–Crippen MR) is 40.5 cm³/mol.